The van der Waals surface area contributed by atoms with Gasteiger partial charge in [-0.15, -0.1) is 0 Å². The second kappa shape index (κ2) is 33.4. The van der Waals surface area contributed by atoms with Gasteiger partial charge in [-0.3, -0.25) is 48.2 Å². The van der Waals surface area contributed by atoms with Crippen molar-refractivity contribution in [3.05, 3.63) is 29.6 Å². The number of nitrogens with zero attached hydrogens (tertiary/aromatic N) is 2. The van der Waals surface area contributed by atoms with Gasteiger partial charge in [0.2, 0.25) is 47.3 Å². The normalized spacial score (nSPS) is 17.9. The van der Waals surface area contributed by atoms with Gasteiger partial charge < -0.3 is 69.1 Å². The molecule has 2 saturated heterocycles. The molecule has 25 heteroatoms. The molecular weight excluding hydrogens is 999 g/mol. The molecule has 3 rings (SSSR count). The fourth-order valence-electron chi connectivity index (χ4n) is 8.47. The molecule has 0 aromatic carbocycles. The summed E-state index contributed by atoms with van der Waals surface area (Å²) in [6, 6.07) is 2.84. The third kappa shape index (κ3) is 23.1. The van der Waals surface area contributed by atoms with E-state index in [1.165, 1.54) is 0 Å². The quantitative estimate of drug-likeness (QED) is 0.0333. The Bertz CT molecular complexity index is 1980. The van der Waals surface area contributed by atoms with Gasteiger partial charge in [0.05, 0.1) is 30.6 Å². The molecule has 8 amide bonds. The summed E-state index contributed by atoms with van der Waals surface area (Å²) in [6.07, 6.45) is -1.37. The highest BCUT2D eigenvalue weighted by atomic mass is 32.2. The number of carbonyl (C=O) groups excluding carboxylic acids is 8. The smallest absolute Gasteiger partial charge is 0.246 e. The van der Waals surface area contributed by atoms with Gasteiger partial charge in [-0.1, -0.05) is 40.2 Å². The first kappa shape index (κ1) is 63.7. The van der Waals surface area contributed by atoms with Crippen molar-refractivity contribution in [2.45, 2.75) is 158 Å². The van der Waals surface area contributed by atoms with Gasteiger partial charge in [-0.2, -0.15) is 23.5 Å². The lowest BCUT2D eigenvalue weighted by atomic mass is 9.86. The molecule has 0 spiro atoms. The Hall–Kier alpha value is -4.63. The third-order valence-electron chi connectivity index (χ3n) is 13.1. The minimum atomic E-state index is -1.58. The van der Waals surface area contributed by atoms with Crippen LogP contribution in [0.1, 0.15) is 110 Å². The van der Waals surface area contributed by atoms with E-state index in [4.69, 9.17) is 21.6 Å². The Morgan fingerprint density at radius 1 is 0.797 bits per heavy atom. The number of hydrogen-bond donors (Lipinski definition) is 13. The Labute approximate surface area is 443 Å². The van der Waals surface area contributed by atoms with Crippen molar-refractivity contribution < 1.29 is 58.8 Å². The maximum Gasteiger partial charge on any atom is 0.246 e. The predicted octanol–water partition coefficient (Wildman–Crippen LogP) is -1.97. The molecule has 418 valence electrons. The number of carbonyl (C=O) groups is 8. The number of nitrogens with one attached hydrogen (secondary N) is 7. The lowest BCUT2D eigenvalue weighted by Crippen LogP contribution is -2.65. The van der Waals surface area contributed by atoms with E-state index in [0.29, 0.717) is 94.1 Å². The number of likely N-dealkylation sites (tertiary alicyclic amines) is 1. The molecule has 3 heterocycles. The fourth-order valence-corrected chi connectivity index (χ4v) is 10.2. The number of pyridine rings is 1. The van der Waals surface area contributed by atoms with Crippen molar-refractivity contribution in [3.63, 3.8) is 0 Å². The number of hydrogen-bond acceptors (Lipinski definition) is 17. The molecule has 1 aromatic rings. The molecule has 1 aromatic heterocycles. The minimum absolute atomic E-state index is 0.00499. The highest BCUT2D eigenvalue weighted by Gasteiger charge is 2.43. The number of aromatic nitrogens is 1. The van der Waals surface area contributed by atoms with E-state index in [-0.39, 0.29) is 68.5 Å². The van der Waals surface area contributed by atoms with Gasteiger partial charge in [0.25, 0.3) is 0 Å². The SMILES string of the molecule is CC[C@H](C)[C@H](NC(=O)[C@H](CC(C)C)NC(=O)C1(NC(=O)CCSCc2cccc(CSCCC(=O)NC3CCN(CC(=O)N[C@H](CCC(=O)NCC[C@@H](O)[C@H](O)[C@H](O)CO)C(N)=O)CC3)n2)CCNCC1)C(N)=O. The average molecular weight is 1080 g/mol. The molecule has 15 N–H and O–H groups in total. The van der Waals surface area contributed by atoms with Gasteiger partial charge in [0.15, 0.2) is 0 Å². The summed E-state index contributed by atoms with van der Waals surface area (Å²) in [7, 11) is 0. The first-order valence-electron chi connectivity index (χ1n) is 25.7. The monoisotopic (exact) mass is 1080 g/mol. The summed E-state index contributed by atoms with van der Waals surface area (Å²) < 4.78 is 0. The summed E-state index contributed by atoms with van der Waals surface area (Å²) in [5, 5.41) is 58.0. The van der Waals surface area contributed by atoms with Crippen LogP contribution in [0.2, 0.25) is 0 Å². The van der Waals surface area contributed by atoms with Crippen LogP contribution in [0.5, 0.6) is 0 Å². The van der Waals surface area contributed by atoms with Gasteiger partial charge in [0.1, 0.15) is 35.9 Å². The van der Waals surface area contributed by atoms with Crippen LogP contribution in [-0.4, -0.2) is 183 Å². The summed E-state index contributed by atoms with van der Waals surface area (Å²) in [4.78, 5) is 109. The number of aliphatic hydroxyl groups is 4. The molecule has 0 bridgehead atoms. The highest BCUT2D eigenvalue weighted by Crippen LogP contribution is 2.22. The van der Waals surface area contributed by atoms with E-state index >= 15 is 0 Å². The zero-order valence-corrected chi connectivity index (χ0v) is 45.0. The molecule has 0 unspecified atom stereocenters. The maximum absolute atomic E-state index is 14.0. The van der Waals surface area contributed by atoms with E-state index in [1.54, 1.807) is 23.5 Å². The third-order valence-corrected chi connectivity index (χ3v) is 15.1. The predicted molar refractivity (Wildman–Crippen MR) is 281 cm³/mol. The van der Waals surface area contributed by atoms with E-state index in [9.17, 15) is 53.7 Å². The number of aliphatic hydroxyl groups excluding tert-OH is 4. The van der Waals surface area contributed by atoms with Crippen LogP contribution in [0.3, 0.4) is 0 Å². The number of rotatable bonds is 34. The van der Waals surface area contributed by atoms with Crippen molar-refractivity contribution >= 4 is 70.8 Å². The summed E-state index contributed by atoms with van der Waals surface area (Å²) >= 11 is 3.14. The molecule has 2 fully saturated rings. The van der Waals surface area contributed by atoms with Crippen LogP contribution in [-0.2, 0) is 49.9 Å². The molecule has 23 nitrogen and oxygen atoms in total. The molecule has 74 heavy (non-hydrogen) atoms. The van der Waals surface area contributed by atoms with Crippen LogP contribution < -0.4 is 48.7 Å². The Kier molecular flexibility index (Phi) is 28.7. The Morgan fingerprint density at radius 2 is 1.42 bits per heavy atom. The first-order chi connectivity index (χ1) is 35.2. The number of nitrogens with two attached hydrogens (primary N) is 2. The van der Waals surface area contributed by atoms with Gasteiger partial charge in [-0.05, 0) is 82.0 Å². The lowest BCUT2D eigenvalue weighted by molar-refractivity contribution is -0.138. The Balaban J connectivity index is 1.34. The van der Waals surface area contributed by atoms with Crippen molar-refractivity contribution in [1.82, 2.24) is 47.1 Å². The fraction of sp³-hybridized carbons (Fsp3) is 0.735. The Morgan fingerprint density at radius 3 is 1.99 bits per heavy atom. The standard InChI is InChI=1S/C49H83N11O12S2/c1-5-31(4)43(46(51)70)58-47(71)36(25-30(2)3)57-48(72)49(16-19-52-20-17-49)59-41(66)15-24-74-29-34-8-6-7-33(54-34)28-73-23-14-40(65)55-32-12-21-60(22-13-32)26-42(67)56-35(45(50)69)9-10-39(64)53-18-11-37(62)44(68)38(63)27-61/h6-8,30-32,35-38,43-44,52,61-63,68H,5,9-29H2,1-4H3,(H2,50,69)(H2,51,70)(H,53,64)(H,55,65)(H,56,67)(H,57,72)(H,58,71)(H,59,66)/t31-,35+,36-,37+,38+,43-,44-/m0/s1. The van der Waals surface area contributed by atoms with E-state index in [1.807, 2.05) is 50.8 Å². The van der Waals surface area contributed by atoms with Crippen LogP contribution in [0.25, 0.3) is 0 Å². The van der Waals surface area contributed by atoms with Crippen LogP contribution >= 0.6 is 23.5 Å². The highest BCUT2D eigenvalue weighted by molar-refractivity contribution is 7.98. The summed E-state index contributed by atoms with van der Waals surface area (Å²) in [5.41, 5.74) is 11.6. The van der Waals surface area contributed by atoms with Crippen molar-refractivity contribution in [2.75, 3.05) is 57.4 Å². The number of amides is 8. The minimum Gasteiger partial charge on any atom is -0.394 e. The van der Waals surface area contributed by atoms with Crippen LogP contribution in [0.15, 0.2) is 18.2 Å². The first-order valence-corrected chi connectivity index (χ1v) is 28.0. The van der Waals surface area contributed by atoms with Gasteiger partial charge in [0, 0.05) is 67.9 Å². The number of thioether (sulfide) groups is 2. The van der Waals surface area contributed by atoms with E-state index in [2.05, 4.69) is 37.2 Å². The second-order valence-electron chi connectivity index (χ2n) is 19.7. The molecule has 0 aliphatic carbocycles. The van der Waals surface area contributed by atoms with Crippen molar-refractivity contribution in [2.24, 2.45) is 23.3 Å². The van der Waals surface area contributed by atoms with Gasteiger partial charge in [-0.25, -0.2) is 0 Å². The molecule has 2 aliphatic rings. The van der Waals surface area contributed by atoms with E-state index < -0.39 is 84.0 Å². The van der Waals surface area contributed by atoms with Crippen molar-refractivity contribution in [1.29, 1.82) is 0 Å². The average Bonchev–Trinajstić information content (AvgIpc) is 3.36. The number of piperidine rings is 2. The molecule has 0 saturated carbocycles. The largest absolute Gasteiger partial charge is 0.394 e. The molecule has 7 atom stereocenters. The van der Waals surface area contributed by atoms with Gasteiger partial charge >= 0.3 is 0 Å². The molecule has 0 radical (unpaired) electrons. The van der Waals surface area contributed by atoms with Crippen molar-refractivity contribution in [3.8, 4) is 0 Å². The molecular formula is C49H83N11O12S2. The van der Waals surface area contributed by atoms with E-state index in [0.717, 1.165) is 11.4 Å². The lowest BCUT2D eigenvalue weighted by Gasteiger charge is -2.38. The summed E-state index contributed by atoms with van der Waals surface area (Å²) in [5.74, 6) is -1.52. The zero-order valence-electron chi connectivity index (χ0n) is 43.4. The number of primary amides is 2. The van der Waals surface area contributed by atoms with Crippen LogP contribution in [0, 0.1) is 11.8 Å². The topological polar surface area (TPSA) is 370 Å². The second-order valence-corrected chi connectivity index (χ2v) is 21.9. The van der Waals surface area contributed by atoms with Crippen LogP contribution in [0.4, 0.5) is 0 Å². The zero-order chi connectivity index (χ0) is 54.8. The maximum atomic E-state index is 14.0. The summed E-state index contributed by atoms with van der Waals surface area (Å²) in [6.45, 7) is 8.92. The molecule has 2 aliphatic heterocycles.